The van der Waals surface area contributed by atoms with Crippen LogP contribution in [-0.4, -0.2) is 15.0 Å². The van der Waals surface area contributed by atoms with Crippen molar-refractivity contribution in [2.24, 2.45) is 0 Å². The van der Waals surface area contributed by atoms with E-state index in [2.05, 4.69) is 188 Å². The van der Waals surface area contributed by atoms with Gasteiger partial charge in [0.1, 0.15) is 22.3 Å². The van der Waals surface area contributed by atoms with Gasteiger partial charge >= 0.3 is 0 Å². The van der Waals surface area contributed by atoms with E-state index in [1.165, 1.54) is 11.1 Å². The fourth-order valence-corrected chi connectivity index (χ4v) is 9.75. The second-order valence-electron chi connectivity index (χ2n) is 17.1. The molecule has 0 atom stereocenters. The van der Waals surface area contributed by atoms with Crippen molar-refractivity contribution in [3.8, 4) is 89.8 Å². The summed E-state index contributed by atoms with van der Waals surface area (Å²) in [7, 11) is 0. The molecular weight excluding hydrogens is 831 g/mol. The molecule has 0 amide bonds. The standard InChI is InChI=1S/C63H39N3O2/c1-5-17-40(18-6-1)52-39-53(59(43-21-9-3-10-22-43)60(44-23-11-4-12-24-44)58(52)42-19-7-2-8-20-42)41-29-31-45(32-30-41)61-64-62(46-33-35-50-48-25-13-15-27-54(48)67-56(50)37-46)66-63(65-61)47-34-36-51-49-26-14-16-28-55(49)68-57(51)38-47/h1-39H. The van der Waals surface area contributed by atoms with E-state index in [1.807, 2.05) is 48.5 Å². The molecule has 0 fully saturated rings. The Morgan fingerprint density at radius 2 is 0.544 bits per heavy atom. The van der Waals surface area contributed by atoms with Gasteiger partial charge in [0.25, 0.3) is 0 Å². The molecule has 0 saturated heterocycles. The Kier molecular flexibility index (Phi) is 9.43. The lowest BCUT2D eigenvalue weighted by molar-refractivity contribution is 0.668. The van der Waals surface area contributed by atoms with Crippen molar-refractivity contribution in [3.05, 3.63) is 237 Å². The summed E-state index contributed by atoms with van der Waals surface area (Å²) in [6.07, 6.45) is 0. The van der Waals surface area contributed by atoms with Crippen LogP contribution < -0.4 is 0 Å². The zero-order valence-corrected chi connectivity index (χ0v) is 36.7. The Labute approximate surface area is 392 Å². The van der Waals surface area contributed by atoms with E-state index in [1.54, 1.807) is 0 Å². The Morgan fingerprint density at radius 3 is 1.00 bits per heavy atom. The molecule has 5 heteroatoms. The van der Waals surface area contributed by atoms with E-state index in [-0.39, 0.29) is 0 Å². The van der Waals surface area contributed by atoms with E-state index in [0.29, 0.717) is 17.5 Å². The van der Waals surface area contributed by atoms with Gasteiger partial charge in [-0.25, -0.2) is 15.0 Å². The number of furan rings is 2. The smallest absolute Gasteiger partial charge is 0.164 e. The molecule has 0 radical (unpaired) electrons. The van der Waals surface area contributed by atoms with Gasteiger partial charge in [-0.2, -0.15) is 0 Å². The van der Waals surface area contributed by atoms with Crippen LogP contribution in [0.1, 0.15) is 0 Å². The maximum absolute atomic E-state index is 6.34. The molecule has 13 aromatic rings. The fraction of sp³-hybridized carbons (Fsp3) is 0. The van der Waals surface area contributed by atoms with E-state index in [4.69, 9.17) is 23.8 Å². The van der Waals surface area contributed by atoms with Crippen molar-refractivity contribution in [1.82, 2.24) is 15.0 Å². The molecule has 3 aromatic heterocycles. The Morgan fingerprint density at radius 1 is 0.221 bits per heavy atom. The molecule has 0 unspecified atom stereocenters. The van der Waals surface area contributed by atoms with Crippen molar-refractivity contribution in [1.29, 1.82) is 0 Å². The van der Waals surface area contributed by atoms with Gasteiger partial charge in [-0.1, -0.05) is 194 Å². The number of rotatable bonds is 8. The first-order valence-corrected chi connectivity index (χ1v) is 22.8. The zero-order valence-electron chi connectivity index (χ0n) is 36.7. The highest BCUT2D eigenvalue weighted by molar-refractivity contribution is 6.09. The summed E-state index contributed by atoms with van der Waals surface area (Å²) in [5, 5.41) is 4.23. The molecule has 68 heavy (non-hydrogen) atoms. The molecule has 5 nitrogen and oxygen atoms in total. The first-order chi connectivity index (χ1) is 33.7. The lowest BCUT2D eigenvalue weighted by Gasteiger charge is -2.24. The summed E-state index contributed by atoms with van der Waals surface area (Å²) < 4.78 is 12.7. The molecule has 0 saturated carbocycles. The molecule has 3 heterocycles. The fourth-order valence-electron chi connectivity index (χ4n) is 9.75. The predicted octanol–water partition coefficient (Wildman–Crippen LogP) is 17.0. The summed E-state index contributed by atoms with van der Waals surface area (Å²) >= 11 is 0. The van der Waals surface area contributed by atoms with Crippen LogP contribution >= 0.6 is 0 Å². The third-order valence-corrected chi connectivity index (χ3v) is 13.0. The minimum absolute atomic E-state index is 0.545. The highest BCUT2D eigenvalue weighted by Crippen LogP contribution is 2.50. The minimum atomic E-state index is 0.545. The average Bonchev–Trinajstić information content (AvgIpc) is 3.99. The number of benzene rings is 10. The Hall–Kier alpha value is -9.19. The second-order valence-corrected chi connectivity index (χ2v) is 17.1. The van der Waals surface area contributed by atoms with E-state index in [0.717, 1.165) is 105 Å². The maximum atomic E-state index is 6.34. The number of fused-ring (bicyclic) bond motifs is 6. The van der Waals surface area contributed by atoms with Crippen LogP contribution in [0.4, 0.5) is 0 Å². The molecule has 0 N–H and O–H groups in total. The van der Waals surface area contributed by atoms with E-state index >= 15 is 0 Å². The molecule has 0 aliphatic rings. The van der Waals surface area contributed by atoms with Crippen LogP contribution in [0, 0.1) is 0 Å². The highest BCUT2D eigenvalue weighted by atomic mass is 16.3. The van der Waals surface area contributed by atoms with Gasteiger partial charge in [0.15, 0.2) is 17.5 Å². The quantitative estimate of drug-likeness (QED) is 0.152. The van der Waals surface area contributed by atoms with Crippen molar-refractivity contribution in [2.45, 2.75) is 0 Å². The monoisotopic (exact) mass is 869 g/mol. The number of hydrogen-bond acceptors (Lipinski definition) is 5. The van der Waals surface area contributed by atoms with Gasteiger partial charge in [0.05, 0.1) is 0 Å². The number of aromatic nitrogens is 3. The molecule has 0 aliphatic carbocycles. The Balaban J connectivity index is 1.01. The minimum Gasteiger partial charge on any atom is -0.456 e. The van der Waals surface area contributed by atoms with Crippen molar-refractivity contribution >= 4 is 43.9 Å². The second kappa shape index (κ2) is 16.4. The molecule has 318 valence electrons. The molecule has 0 aliphatic heterocycles. The van der Waals surface area contributed by atoms with Crippen LogP contribution in [0.3, 0.4) is 0 Å². The van der Waals surface area contributed by atoms with E-state index < -0.39 is 0 Å². The van der Waals surface area contributed by atoms with Gasteiger partial charge in [-0.3, -0.25) is 0 Å². The van der Waals surface area contributed by atoms with Gasteiger partial charge in [0, 0.05) is 38.2 Å². The van der Waals surface area contributed by atoms with Gasteiger partial charge in [0.2, 0.25) is 0 Å². The summed E-state index contributed by atoms with van der Waals surface area (Å²) in [5.41, 5.74) is 17.2. The van der Waals surface area contributed by atoms with Crippen LogP contribution in [0.5, 0.6) is 0 Å². The zero-order chi connectivity index (χ0) is 45.0. The summed E-state index contributed by atoms with van der Waals surface area (Å²) in [4.78, 5) is 15.5. The van der Waals surface area contributed by atoms with Crippen LogP contribution in [-0.2, 0) is 0 Å². The number of hydrogen-bond donors (Lipinski definition) is 0. The topological polar surface area (TPSA) is 65.0 Å². The Bertz CT molecular complexity index is 3860. The first-order valence-electron chi connectivity index (χ1n) is 22.8. The number of para-hydroxylation sites is 2. The third kappa shape index (κ3) is 6.84. The maximum Gasteiger partial charge on any atom is 0.164 e. The molecule has 13 rings (SSSR count). The van der Waals surface area contributed by atoms with Crippen molar-refractivity contribution in [3.63, 3.8) is 0 Å². The first kappa shape index (κ1) is 39.2. The van der Waals surface area contributed by atoms with Gasteiger partial charge < -0.3 is 8.83 Å². The van der Waals surface area contributed by atoms with E-state index in [9.17, 15) is 0 Å². The molecule has 10 aromatic carbocycles. The van der Waals surface area contributed by atoms with Crippen molar-refractivity contribution < 1.29 is 8.83 Å². The normalized spacial score (nSPS) is 11.5. The summed E-state index contributed by atoms with van der Waals surface area (Å²) in [6.45, 7) is 0. The molecular formula is C63H39N3O2. The molecule has 0 bridgehead atoms. The highest BCUT2D eigenvalue weighted by Gasteiger charge is 2.24. The van der Waals surface area contributed by atoms with Crippen LogP contribution in [0.15, 0.2) is 245 Å². The lowest BCUT2D eigenvalue weighted by Crippen LogP contribution is -2.00. The van der Waals surface area contributed by atoms with Crippen molar-refractivity contribution in [2.75, 3.05) is 0 Å². The summed E-state index contributed by atoms with van der Waals surface area (Å²) in [6, 6.07) is 82.7. The summed E-state index contributed by atoms with van der Waals surface area (Å²) in [5.74, 6) is 1.65. The average molecular weight is 870 g/mol. The third-order valence-electron chi connectivity index (χ3n) is 13.0. The lowest BCUT2D eigenvalue weighted by atomic mass is 9.79. The van der Waals surface area contributed by atoms with Crippen LogP contribution in [0.25, 0.3) is 134 Å². The SMILES string of the molecule is c1ccc(-c2cc(-c3ccc(-c4nc(-c5ccc6c(c5)oc5ccccc56)nc(-c5ccc6c(c5)oc5ccccc56)n4)cc3)c(-c3ccccc3)c(-c3ccccc3)c2-c2ccccc2)cc1. The number of nitrogens with zero attached hydrogens (tertiary/aromatic N) is 3. The molecule has 0 spiro atoms. The van der Waals surface area contributed by atoms with Gasteiger partial charge in [-0.05, 0) is 98.1 Å². The van der Waals surface area contributed by atoms with Gasteiger partial charge in [-0.15, -0.1) is 0 Å². The van der Waals surface area contributed by atoms with Crippen LogP contribution in [0.2, 0.25) is 0 Å². The largest absolute Gasteiger partial charge is 0.456 e. The predicted molar refractivity (Wildman–Crippen MR) is 278 cm³/mol.